The van der Waals surface area contributed by atoms with Gasteiger partial charge in [-0.2, -0.15) is 13.4 Å². The Kier molecular flexibility index (Phi) is 4.24. The predicted octanol–water partition coefficient (Wildman–Crippen LogP) is 1.22. The molecule has 1 fully saturated rings. The summed E-state index contributed by atoms with van der Waals surface area (Å²) in [5.74, 6) is 0.627. The Morgan fingerprint density at radius 2 is 2.00 bits per heavy atom. The Morgan fingerprint density at radius 1 is 1.30 bits per heavy atom. The van der Waals surface area contributed by atoms with Gasteiger partial charge in [-0.1, -0.05) is 19.8 Å². The van der Waals surface area contributed by atoms with Crippen LogP contribution in [0.15, 0.2) is 4.79 Å². The SMILES string of the molecule is CCc1[nH]n(C2CCCC2)c2nc(COS(C)(=O)=O)nc(=O)c1-2. The van der Waals surface area contributed by atoms with E-state index in [0.717, 1.165) is 37.6 Å². The van der Waals surface area contributed by atoms with Crippen LogP contribution in [0.25, 0.3) is 11.4 Å². The van der Waals surface area contributed by atoms with Crippen LogP contribution >= 0.6 is 0 Å². The summed E-state index contributed by atoms with van der Waals surface area (Å²) in [6.07, 6.45) is 6.01. The highest BCUT2D eigenvalue weighted by atomic mass is 32.2. The standard InChI is InChI=1S/C14H20N4O4S/c1-3-10-12-13(18(17-10)9-6-4-5-7-9)15-11(16-14(12)19)8-22-23(2,20)21/h9,17H,3-8H2,1-2H3. The molecule has 3 rings (SSSR count). The first-order valence-corrected chi connectivity index (χ1v) is 9.55. The third kappa shape index (κ3) is 3.30. The number of aryl methyl sites for hydroxylation is 1. The third-order valence-electron chi connectivity index (χ3n) is 4.13. The fourth-order valence-corrected chi connectivity index (χ4v) is 3.39. The smallest absolute Gasteiger partial charge is 0.284 e. The van der Waals surface area contributed by atoms with Crippen LogP contribution in [-0.4, -0.2) is 34.4 Å². The number of H-pyrrole nitrogens is 1. The number of hydrogen-bond donors (Lipinski definition) is 1. The first-order valence-electron chi connectivity index (χ1n) is 7.73. The van der Waals surface area contributed by atoms with Crippen LogP contribution < -0.4 is 5.56 Å². The molecular weight excluding hydrogens is 320 g/mol. The van der Waals surface area contributed by atoms with Crippen LogP contribution in [0.4, 0.5) is 0 Å². The van der Waals surface area contributed by atoms with E-state index in [1.807, 2.05) is 11.6 Å². The minimum Gasteiger partial charge on any atom is -0.300 e. The van der Waals surface area contributed by atoms with Gasteiger partial charge in [0.05, 0.1) is 12.3 Å². The Morgan fingerprint density at radius 3 is 2.61 bits per heavy atom. The summed E-state index contributed by atoms with van der Waals surface area (Å²) in [6, 6.07) is 0.288. The lowest BCUT2D eigenvalue weighted by Gasteiger charge is -2.13. The van der Waals surface area contributed by atoms with Crippen LogP contribution in [0.5, 0.6) is 0 Å². The first-order chi connectivity index (χ1) is 10.9. The van der Waals surface area contributed by atoms with Crippen molar-refractivity contribution >= 4 is 10.1 Å². The first kappa shape index (κ1) is 16.1. The van der Waals surface area contributed by atoms with Gasteiger partial charge in [-0.3, -0.25) is 18.8 Å². The van der Waals surface area contributed by atoms with E-state index >= 15 is 0 Å². The highest BCUT2D eigenvalue weighted by Crippen LogP contribution is 2.33. The normalized spacial score (nSPS) is 16.4. The summed E-state index contributed by atoms with van der Waals surface area (Å²) in [5, 5.41) is 3.28. The third-order valence-corrected chi connectivity index (χ3v) is 4.68. The van der Waals surface area contributed by atoms with Gasteiger partial charge in [-0.25, -0.2) is 4.98 Å². The lowest BCUT2D eigenvalue weighted by Crippen LogP contribution is -2.19. The Balaban J connectivity index is 2.06. The van der Waals surface area contributed by atoms with Gasteiger partial charge in [0.1, 0.15) is 12.2 Å². The van der Waals surface area contributed by atoms with Crippen molar-refractivity contribution in [3.63, 3.8) is 0 Å². The second-order valence-corrected chi connectivity index (χ2v) is 7.51. The summed E-state index contributed by atoms with van der Waals surface area (Å²) >= 11 is 0. The van der Waals surface area contributed by atoms with Crippen LogP contribution in [-0.2, 0) is 27.3 Å². The average molecular weight is 340 g/mol. The van der Waals surface area contributed by atoms with Crippen molar-refractivity contribution in [3.05, 3.63) is 21.9 Å². The molecule has 1 N–H and O–H groups in total. The Bertz CT molecular complexity index is 833. The van der Waals surface area contributed by atoms with Gasteiger partial charge in [0.2, 0.25) is 0 Å². The number of nitrogens with zero attached hydrogens (tertiary/aromatic N) is 3. The zero-order valence-electron chi connectivity index (χ0n) is 13.2. The van der Waals surface area contributed by atoms with Gasteiger partial charge in [0.25, 0.3) is 15.7 Å². The highest BCUT2D eigenvalue weighted by molar-refractivity contribution is 7.85. The number of rotatable bonds is 5. The van der Waals surface area contributed by atoms with E-state index < -0.39 is 15.7 Å². The maximum absolute atomic E-state index is 12.3. The number of nitrogens with one attached hydrogen (secondary N) is 1. The lowest BCUT2D eigenvalue weighted by molar-refractivity contribution is 0.301. The van der Waals surface area contributed by atoms with E-state index in [2.05, 4.69) is 15.1 Å². The highest BCUT2D eigenvalue weighted by Gasteiger charge is 2.27. The lowest BCUT2D eigenvalue weighted by atomic mass is 10.2. The molecule has 3 aliphatic rings. The molecular formula is C14H20N4O4S. The quantitative estimate of drug-likeness (QED) is 0.820. The molecule has 0 atom stereocenters. The molecule has 1 saturated carbocycles. The molecule has 0 saturated heterocycles. The van der Waals surface area contributed by atoms with Gasteiger partial charge in [-0.05, 0) is 19.3 Å². The van der Waals surface area contributed by atoms with Crippen LogP contribution in [0.1, 0.15) is 50.2 Å². The molecule has 126 valence electrons. The fourth-order valence-electron chi connectivity index (χ4n) is 3.07. The zero-order chi connectivity index (χ0) is 16.6. The summed E-state index contributed by atoms with van der Waals surface area (Å²) < 4.78 is 28.9. The number of fused-ring (bicyclic) bond motifs is 1. The number of hydrogen-bond acceptors (Lipinski definition) is 6. The molecule has 0 radical (unpaired) electrons. The molecule has 0 amide bonds. The molecule has 0 bridgehead atoms. The van der Waals surface area contributed by atoms with E-state index in [9.17, 15) is 13.2 Å². The topological polar surface area (TPSA) is 107 Å². The van der Waals surface area contributed by atoms with Crippen LogP contribution in [0, 0.1) is 0 Å². The summed E-state index contributed by atoms with van der Waals surface area (Å²) in [7, 11) is -3.61. The molecule has 0 unspecified atom stereocenters. The van der Waals surface area contributed by atoms with E-state index in [1.54, 1.807) is 0 Å². The maximum Gasteiger partial charge on any atom is 0.284 e. The largest absolute Gasteiger partial charge is 0.300 e. The average Bonchev–Trinajstić information content (AvgIpc) is 3.11. The minimum atomic E-state index is -3.61. The van der Waals surface area contributed by atoms with Crippen LogP contribution in [0.3, 0.4) is 0 Å². The van der Waals surface area contributed by atoms with Gasteiger partial charge < -0.3 is 0 Å². The molecule has 0 aromatic rings. The molecule has 9 heteroatoms. The van der Waals surface area contributed by atoms with E-state index in [-0.39, 0.29) is 18.5 Å². The molecule has 23 heavy (non-hydrogen) atoms. The van der Waals surface area contributed by atoms with E-state index in [4.69, 9.17) is 4.18 Å². The van der Waals surface area contributed by atoms with Crippen molar-refractivity contribution in [3.8, 4) is 11.4 Å². The van der Waals surface area contributed by atoms with Crippen molar-refractivity contribution in [1.82, 2.24) is 19.7 Å². The van der Waals surface area contributed by atoms with E-state index in [1.165, 1.54) is 0 Å². The van der Waals surface area contributed by atoms with Crippen molar-refractivity contribution < 1.29 is 12.6 Å². The minimum absolute atomic E-state index is 0.0846. The molecule has 1 aliphatic carbocycles. The molecule has 2 heterocycles. The van der Waals surface area contributed by atoms with Crippen molar-refractivity contribution in [1.29, 1.82) is 0 Å². The van der Waals surface area contributed by atoms with Gasteiger partial charge in [0, 0.05) is 5.69 Å². The number of aromatic amines is 1. The zero-order valence-corrected chi connectivity index (χ0v) is 14.0. The number of aromatic nitrogens is 4. The molecule has 0 aromatic heterocycles. The summed E-state index contributed by atoms with van der Waals surface area (Å²) in [4.78, 5) is 20.6. The molecule has 8 nitrogen and oxygen atoms in total. The second-order valence-electron chi connectivity index (χ2n) is 5.86. The maximum atomic E-state index is 12.3. The monoisotopic (exact) mass is 340 g/mol. The second kappa shape index (κ2) is 6.04. The predicted molar refractivity (Wildman–Crippen MR) is 83.8 cm³/mol. The van der Waals surface area contributed by atoms with Gasteiger partial charge in [0.15, 0.2) is 11.6 Å². The van der Waals surface area contributed by atoms with Gasteiger partial charge in [-0.15, -0.1) is 0 Å². The van der Waals surface area contributed by atoms with Crippen molar-refractivity contribution in [2.24, 2.45) is 0 Å². The van der Waals surface area contributed by atoms with Crippen molar-refractivity contribution in [2.45, 2.75) is 51.7 Å². The Labute approximate surface area is 134 Å². The molecule has 2 aliphatic heterocycles. The van der Waals surface area contributed by atoms with Crippen molar-refractivity contribution in [2.75, 3.05) is 6.26 Å². The van der Waals surface area contributed by atoms with E-state index in [0.29, 0.717) is 17.8 Å². The fraction of sp³-hybridized carbons (Fsp3) is 0.643. The van der Waals surface area contributed by atoms with Gasteiger partial charge >= 0.3 is 0 Å². The molecule has 0 spiro atoms. The Hall–Kier alpha value is -1.74. The summed E-state index contributed by atoms with van der Waals surface area (Å²) in [5.41, 5.74) is 0.905. The molecule has 0 aromatic carbocycles. The summed E-state index contributed by atoms with van der Waals surface area (Å²) in [6.45, 7) is 1.63. The van der Waals surface area contributed by atoms with Crippen LogP contribution in [0.2, 0.25) is 0 Å².